The van der Waals surface area contributed by atoms with Crippen LogP contribution in [0.25, 0.3) is 0 Å². The molecule has 1 N–H and O–H groups in total. The van der Waals surface area contributed by atoms with Crippen molar-refractivity contribution in [1.29, 1.82) is 0 Å². The van der Waals surface area contributed by atoms with Gasteiger partial charge in [0, 0.05) is 13.3 Å². The Morgan fingerprint density at radius 2 is 1.85 bits per heavy atom. The fraction of sp³-hybridized carbons (Fsp3) is 0.857. The van der Waals surface area contributed by atoms with Crippen LogP contribution in [0.15, 0.2) is 0 Å². The first kappa shape index (κ1) is 18.9. The van der Waals surface area contributed by atoms with Crippen LogP contribution in [-0.2, 0) is 19.1 Å². The van der Waals surface area contributed by atoms with Gasteiger partial charge >= 0.3 is 5.97 Å². The second-order valence-electron chi connectivity index (χ2n) is 9.83. The normalized spacial score (nSPS) is 47.0. The average Bonchev–Trinajstić information content (AvgIpc) is 2.61. The van der Waals surface area contributed by atoms with E-state index in [2.05, 4.69) is 6.92 Å². The molecule has 3 aliphatic carbocycles. The Morgan fingerprint density at radius 3 is 2.56 bits per heavy atom. The number of carbonyl (C=O) groups is 3. The van der Waals surface area contributed by atoms with Crippen LogP contribution in [0.3, 0.4) is 0 Å². The van der Waals surface area contributed by atoms with Crippen molar-refractivity contribution in [2.75, 3.05) is 0 Å². The zero-order valence-corrected chi connectivity index (χ0v) is 16.6. The number of nitrogens with zero attached hydrogens (tertiary/aromatic N) is 1. The summed E-state index contributed by atoms with van der Waals surface area (Å²) in [5, 5.41) is 10.2. The molecule has 4 aliphatic rings. The largest absolute Gasteiger partial charge is 0.463 e. The van der Waals surface area contributed by atoms with Crippen LogP contribution in [0.5, 0.6) is 0 Å². The standard InChI is InChI=1S/C21H31NO5/c1-12(23)27-14-6-8-20(2)13(10-14)4-5-15-16(20)7-9-21(3)17(15)11-18(24)22(26)19(21)25/h13-17,26H,4-11H2,1-3H3. The Hall–Kier alpha value is -1.43. The first-order chi connectivity index (χ1) is 12.7. The van der Waals surface area contributed by atoms with E-state index in [4.69, 9.17) is 4.74 Å². The molecule has 6 heteroatoms. The van der Waals surface area contributed by atoms with Crippen LogP contribution >= 0.6 is 0 Å². The number of ether oxygens (including phenoxy) is 1. The van der Waals surface area contributed by atoms with Gasteiger partial charge in [-0.2, -0.15) is 5.06 Å². The SMILES string of the molecule is CC(=O)OC1CCC2(C)C(CCC3C4CC(=O)N(O)C(=O)C4(C)CCC32)C1. The number of fused-ring (bicyclic) bond motifs is 5. The molecule has 0 radical (unpaired) electrons. The third-order valence-electron chi connectivity index (χ3n) is 8.65. The van der Waals surface area contributed by atoms with Crippen LogP contribution in [0.4, 0.5) is 0 Å². The van der Waals surface area contributed by atoms with Crippen molar-refractivity contribution >= 4 is 17.8 Å². The molecular formula is C21H31NO5. The number of rotatable bonds is 1. The van der Waals surface area contributed by atoms with Gasteiger partial charge in [-0.1, -0.05) is 13.8 Å². The highest BCUT2D eigenvalue weighted by Crippen LogP contribution is 2.64. The molecule has 3 saturated carbocycles. The number of esters is 1. The van der Waals surface area contributed by atoms with Crippen LogP contribution in [0.2, 0.25) is 0 Å². The summed E-state index contributed by atoms with van der Waals surface area (Å²) >= 11 is 0. The van der Waals surface area contributed by atoms with E-state index >= 15 is 0 Å². The molecule has 0 aromatic rings. The van der Waals surface area contributed by atoms with Crippen LogP contribution < -0.4 is 0 Å². The molecule has 0 bridgehead atoms. The number of amides is 2. The van der Waals surface area contributed by atoms with Gasteiger partial charge in [0.2, 0.25) is 0 Å². The van der Waals surface area contributed by atoms with E-state index < -0.39 is 17.2 Å². The van der Waals surface area contributed by atoms with Gasteiger partial charge in [0.25, 0.3) is 11.8 Å². The quantitative estimate of drug-likeness (QED) is 0.430. The summed E-state index contributed by atoms with van der Waals surface area (Å²) in [6, 6.07) is 0. The minimum absolute atomic E-state index is 0.0311. The van der Waals surface area contributed by atoms with Gasteiger partial charge in [0.15, 0.2) is 0 Å². The van der Waals surface area contributed by atoms with Crippen molar-refractivity contribution in [1.82, 2.24) is 5.06 Å². The first-order valence-electron chi connectivity index (χ1n) is 10.4. The summed E-state index contributed by atoms with van der Waals surface area (Å²) in [5.74, 6) is 0.366. The molecule has 150 valence electrons. The highest BCUT2D eigenvalue weighted by Gasteiger charge is 2.61. The number of hydrogen-bond acceptors (Lipinski definition) is 5. The molecule has 4 fully saturated rings. The Morgan fingerprint density at radius 1 is 1.11 bits per heavy atom. The predicted octanol–water partition coefficient (Wildman–Crippen LogP) is 3.32. The summed E-state index contributed by atoms with van der Waals surface area (Å²) < 4.78 is 5.50. The molecular weight excluding hydrogens is 346 g/mol. The molecule has 7 atom stereocenters. The Kier molecular flexibility index (Phi) is 4.41. The van der Waals surface area contributed by atoms with E-state index in [1.807, 2.05) is 6.92 Å². The van der Waals surface area contributed by atoms with E-state index in [1.165, 1.54) is 6.92 Å². The van der Waals surface area contributed by atoms with Crippen molar-refractivity contribution in [2.45, 2.75) is 78.2 Å². The minimum Gasteiger partial charge on any atom is -0.463 e. The Bertz CT molecular complexity index is 677. The van der Waals surface area contributed by atoms with Crippen molar-refractivity contribution in [3.8, 4) is 0 Å². The lowest BCUT2D eigenvalue weighted by atomic mass is 9.44. The monoisotopic (exact) mass is 377 g/mol. The highest BCUT2D eigenvalue weighted by atomic mass is 16.5. The van der Waals surface area contributed by atoms with Crippen molar-refractivity contribution < 1.29 is 24.3 Å². The molecule has 27 heavy (non-hydrogen) atoms. The van der Waals surface area contributed by atoms with Gasteiger partial charge in [-0.15, -0.1) is 0 Å². The maximum atomic E-state index is 12.7. The van der Waals surface area contributed by atoms with Crippen molar-refractivity contribution in [3.63, 3.8) is 0 Å². The van der Waals surface area contributed by atoms with Crippen molar-refractivity contribution in [2.24, 2.45) is 34.5 Å². The van der Waals surface area contributed by atoms with Crippen LogP contribution in [-0.4, -0.2) is 34.2 Å². The van der Waals surface area contributed by atoms with Gasteiger partial charge in [-0.3, -0.25) is 19.6 Å². The smallest absolute Gasteiger partial charge is 0.302 e. The highest BCUT2D eigenvalue weighted by molar-refractivity contribution is 5.99. The molecule has 6 nitrogen and oxygen atoms in total. The topological polar surface area (TPSA) is 83.9 Å². The molecule has 7 unspecified atom stereocenters. The summed E-state index contributed by atoms with van der Waals surface area (Å²) in [7, 11) is 0. The number of hydroxylamine groups is 2. The van der Waals surface area contributed by atoms with Gasteiger partial charge in [-0.05, 0) is 74.0 Å². The van der Waals surface area contributed by atoms with Gasteiger partial charge in [-0.25, -0.2) is 0 Å². The lowest BCUT2D eigenvalue weighted by Crippen LogP contribution is -2.61. The van der Waals surface area contributed by atoms with E-state index in [0.29, 0.717) is 22.8 Å². The number of hydrogen-bond donors (Lipinski definition) is 1. The van der Waals surface area contributed by atoms with E-state index in [1.54, 1.807) is 0 Å². The number of imide groups is 1. The second-order valence-corrected chi connectivity index (χ2v) is 9.83. The molecule has 1 heterocycles. The zero-order chi connectivity index (χ0) is 19.6. The summed E-state index contributed by atoms with van der Waals surface area (Å²) in [6.45, 7) is 5.80. The summed E-state index contributed by atoms with van der Waals surface area (Å²) in [5.41, 5.74) is -0.439. The zero-order valence-electron chi connectivity index (χ0n) is 16.6. The van der Waals surface area contributed by atoms with E-state index in [9.17, 15) is 19.6 Å². The van der Waals surface area contributed by atoms with E-state index in [0.717, 1.165) is 44.9 Å². The number of carbonyl (C=O) groups excluding carboxylic acids is 3. The lowest BCUT2D eigenvalue weighted by molar-refractivity contribution is -0.211. The third kappa shape index (κ3) is 2.74. The summed E-state index contributed by atoms with van der Waals surface area (Å²) in [4.78, 5) is 36.2. The molecule has 1 aliphatic heterocycles. The predicted molar refractivity (Wildman–Crippen MR) is 96.3 cm³/mol. The van der Waals surface area contributed by atoms with Gasteiger partial charge < -0.3 is 4.74 Å². The van der Waals surface area contributed by atoms with Crippen LogP contribution in [0, 0.1) is 34.5 Å². The average molecular weight is 377 g/mol. The number of piperidine rings is 1. The van der Waals surface area contributed by atoms with E-state index in [-0.39, 0.29) is 29.8 Å². The maximum Gasteiger partial charge on any atom is 0.302 e. The second kappa shape index (κ2) is 6.29. The Labute approximate surface area is 160 Å². The fourth-order valence-electron chi connectivity index (χ4n) is 7.15. The molecule has 0 aromatic heterocycles. The van der Waals surface area contributed by atoms with Crippen molar-refractivity contribution in [3.05, 3.63) is 0 Å². The molecule has 4 rings (SSSR count). The first-order valence-corrected chi connectivity index (χ1v) is 10.4. The third-order valence-corrected chi connectivity index (χ3v) is 8.65. The molecule has 0 aromatic carbocycles. The fourth-order valence-corrected chi connectivity index (χ4v) is 7.15. The van der Waals surface area contributed by atoms with Gasteiger partial charge in [0.05, 0.1) is 5.41 Å². The lowest BCUT2D eigenvalue weighted by Gasteiger charge is -2.61. The Balaban J connectivity index is 1.57. The van der Waals surface area contributed by atoms with Crippen LogP contribution in [0.1, 0.15) is 72.1 Å². The maximum absolute atomic E-state index is 12.7. The molecule has 1 saturated heterocycles. The van der Waals surface area contributed by atoms with Gasteiger partial charge in [0.1, 0.15) is 6.10 Å². The molecule has 2 amide bonds. The molecule has 0 spiro atoms. The minimum atomic E-state index is -0.623. The summed E-state index contributed by atoms with van der Waals surface area (Å²) in [6.07, 6.45) is 6.96.